The van der Waals surface area contributed by atoms with Gasteiger partial charge in [0.15, 0.2) is 5.65 Å². The van der Waals surface area contributed by atoms with Crippen molar-refractivity contribution in [3.63, 3.8) is 0 Å². The minimum Gasteiger partial charge on any atom is -0.366 e. The number of anilines is 2. The van der Waals surface area contributed by atoms with Gasteiger partial charge in [-0.2, -0.15) is 0 Å². The number of nitrogens with one attached hydrogen (secondary N) is 2. The smallest absolute Gasteiger partial charge is 0.224 e. The van der Waals surface area contributed by atoms with Gasteiger partial charge < -0.3 is 16.4 Å². The minimum atomic E-state index is 0.0424. The Morgan fingerprint density at radius 2 is 2.00 bits per heavy atom. The molecule has 0 aliphatic heterocycles. The van der Waals surface area contributed by atoms with Crippen molar-refractivity contribution in [3.8, 4) is 11.3 Å². The Kier molecular flexibility index (Phi) is 6.51. The first kappa shape index (κ1) is 21.3. The summed E-state index contributed by atoms with van der Waals surface area (Å²) in [5.74, 6) is 1.39. The Morgan fingerprint density at radius 3 is 2.77 bits per heavy atom. The fourth-order valence-electron chi connectivity index (χ4n) is 4.02. The number of rotatable bonds is 7. The summed E-state index contributed by atoms with van der Waals surface area (Å²) in [4.78, 5) is 16.7. The highest BCUT2D eigenvalue weighted by atomic mass is 16.1. The molecule has 4 rings (SSSR count). The number of nitrogens with two attached hydrogens (primary N) is 1. The quantitative estimate of drug-likeness (QED) is 0.524. The summed E-state index contributed by atoms with van der Waals surface area (Å²) in [6, 6.07) is 12.5. The molecular formula is C24H32N6O. The van der Waals surface area contributed by atoms with Crippen molar-refractivity contribution in [3.05, 3.63) is 42.6 Å². The molecule has 0 unspecified atom stereocenters. The molecule has 2 aromatic heterocycles. The van der Waals surface area contributed by atoms with Crippen LogP contribution in [0.4, 0.5) is 11.5 Å². The Balaban J connectivity index is 1.52. The Labute approximate surface area is 183 Å². The monoisotopic (exact) mass is 420 g/mol. The third-order valence-electron chi connectivity index (χ3n) is 5.88. The van der Waals surface area contributed by atoms with Gasteiger partial charge in [0, 0.05) is 29.8 Å². The molecule has 1 aliphatic rings. The van der Waals surface area contributed by atoms with Crippen molar-refractivity contribution >= 4 is 23.1 Å². The van der Waals surface area contributed by atoms with Crippen molar-refractivity contribution in [2.75, 3.05) is 10.6 Å². The standard InChI is InChI=1S/C24H32N6O/c1-16(2)6-13-24(31)28-20-5-3-4-17(14-20)21-15-26-23-12-11-22(29-30(21)23)27-19-9-7-18(25)8-10-19/h3-5,11-12,14-16,18-19H,6-10,13,25H2,1-2H3,(H,27,29)(H,28,31). The molecule has 7 nitrogen and oxygen atoms in total. The molecule has 7 heteroatoms. The van der Waals surface area contributed by atoms with Crippen LogP contribution in [0.25, 0.3) is 16.9 Å². The van der Waals surface area contributed by atoms with Crippen molar-refractivity contribution < 1.29 is 4.79 Å². The molecule has 1 amide bonds. The molecule has 164 valence electrons. The number of carbonyl (C=O) groups is 1. The average molecular weight is 421 g/mol. The molecule has 0 bridgehead atoms. The zero-order chi connectivity index (χ0) is 21.8. The normalized spacial score (nSPS) is 19.0. The van der Waals surface area contributed by atoms with Gasteiger partial charge in [0.2, 0.25) is 5.91 Å². The minimum absolute atomic E-state index is 0.0424. The molecule has 1 fully saturated rings. The zero-order valence-electron chi connectivity index (χ0n) is 18.3. The lowest BCUT2D eigenvalue weighted by molar-refractivity contribution is -0.116. The molecule has 0 radical (unpaired) electrons. The van der Waals surface area contributed by atoms with E-state index in [1.54, 1.807) is 0 Å². The van der Waals surface area contributed by atoms with Crippen LogP contribution in [0.3, 0.4) is 0 Å². The molecule has 1 aliphatic carbocycles. The van der Waals surface area contributed by atoms with E-state index in [2.05, 4.69) is 29.5 Å². The van der Waals surface area contributed by atoms with Crippen LogP contribution in [0.5, 0.6) is 0 Å². The van der Waals surface area contributed by atoms with Crippen molar-refractivity contribution in [2.45, 2.75) is 64.5 Å². The maximum Gasteiger partial charge on any atom is 0.224 e. The van der Waals surface area contributed by atoms with Gasteiger partial charge >= 0.3 is 0 Å². The molecule has 2 heterocycles. The summed E-state index contributed by atoms with van der Waals surface area (Å²) in [6.45, 7) is 4.25. The van der Waals surface area contributed by atoms with E-state index in [1.165, 1.54) is 0 Å². The van der Waals surface area contributed by atoms with E-state index in [0.29, 0.717) is 24.4 Å². The van der Waals surface area contributed by atoms with Gasteiger partial charge in [-0.05, 0) is 62.3 Å². The number of hydrogen-bond acceptors (Lipinski definition) is 5. The lowest BCUT2D eigenvalue weighted by Gasteiger charge is -2.27. The number of fused-ring (bicyclic) bond motifs is 1. The summed E-state index contributed by atoms with van der Waals surface area (Å²) in [5, 5.41) is 11.3. The first-order valence-corrected chi connectivity index (χ1v) is 11.2. The summed E-state index contributed by atoms with van der Waals surface area (Å²) >= 11 is 0. The number of amides is 1. The van der Waals surface area contributed by atoms with Crippen molar-refractivity contribution in [1.82, 2.24) is 14.6 Å². The molecule has 0 saturated heterocycles. The Bertz CT molecular complexity index is 1040. The first-order chi connectivity index (χ1) is 15.0. The molecule has 31 heavy (non-hydrogen) atoms. The first-order valence-electron chi connectivity index (χ1n) is 11.2. The van der Waals surface area contributed by atoms with E-state index >= 15 is 0 Å². The lowest BCUT2D eigenvalue weighted by Crippen LogP contribution is -2.33. The number of benzene rings is 1. The third kappa shape index (κ3) is 5.41. The largest absolute Gasteiger partial charge is 0.366 e. The van der Waals surface area contributed by atoms with Crippen LogP contribution in [-0.2, 0) is 4.79 Å². The second kappa shape index (κ2) is 9.47. The van der Waals surface area contributed by atoms with Crippen LogP contribution in [0.2, 0.25) is 0 Å². The van der Waals surface area contributed by atoms with E-state index in [9.17, 15) is 4.79 Å². The Morgan fingerprint density at radius 1 is 1.19 bits per heavy atom. The third-order valence-corrected chi connectivity index (χ3v) is 5.88. The average Bonchev–Trinajstić information content (AvgIpc) is 3.17. The number of imidazole rings is 1. The predicted octanol–water partition coefficient (Wildman–Crippen LogP) is 4.45. The molecular weight excluding hydrogens is 388 g/mol. The molecule has 0 spiro atoms. The van der Waals surface area contributed by atoms with Crippen LogP contribution in [0, 0.1) is 5.92 Å². The topological polar surface area (TPSA) is 97.3 Å². The summed E-state index contributed by atoms with van der Waals surface area (Å²) in [7, 11) is 0. The maximum atomic E-state index is 12.2. The van der Waals surface area contributed by atoms with Gasteiger partial charge in [0.1, 0.15) is 5.82 Å². The number of carbonyl (C=O) groups excluding carboxylic acids is 1. The molecule has 4 N–H and O–H groups in total. The van der Waals surface area contributed by atoms with Gasteiger partial charge in [-0.25, -0.2) is 9.50 Å². The second-order valence-electron chi connectivity index (χ2n) is 8.95. The number of aromatic nitrogens is 3. The van der Waals surface area contributed by atoms with Gasteiger partial charge in [-0.15, -0.1) is 5.10 Å². The molecule has 1 saturated carbocycles. The summed E-state index contributed by atoms with van der Waals surface area (Å²) < 4.78 is 1.86. The highest BCUT2D eigenvalue weighted by molar-refractivity contribution is 5.91. The maximum absolute atomic E-state index is 12.2. The molecule has 3 aromatic rings. The van der Waals surface area contributed by atoms with Gasteiger partial charge in [-0.1, -0.05) is 26.0 Å². The van der Waals surface area contributed by atoms with Crippen LogP contribution in [0.1, 0.15) is 52.4 Å². The highest BCUT2D eigenvalue weighted by Crippen LogP contribution is 2.25. The van der Waals surface area contributed by atoms with Gasteiger partial charge in [0.25, 0.3) is 0 Å². The number of nitrogens with zero attached hydrogens (tertiary/aromatic N) is 3. The highest BCUT2D eigenvalue weighted by Gasteiger charge is 2.19. The molecule has 1 aromatic carbocycles. The van der Waals surface area contributed by atoms with Crippen molar-refractivity contribution in [1.29, 1.82) is 0 Å². The van der Waals surface area contributed by atoms with E-state index < -0.39 is 0 Å². The lowest BCUT2D eigenvalue weighted by atomic mass is 9.92. The van der Waals surface area contributed by atoms with Gasteiger partial charge in [-0.3, -0.25) is 4.79 Å². The van der Waals surface area contributed by atoms with E-state index in [1.807, 2.05) is 47.1 Å². The number of hydrogen-bond donors (Lipinski definition) is 3. The van der Waals surface area contributed by atoms with E-state index in [0.717, 1.165) is 60.5 Å². The Hall–Kier alpha value is -2.93. The summed E-state index contributed by atoms with van der Waals surface area (Å²) in [6.07, 6.45) is 7.46. The SMILES string of the molecule is CC(C)CCC(=O)Nc1cccc(-c2cnc3ccc(NC4CCC(N)CC4)nn23)c1. The summed E-state index contributed by atoms with van der Waals surface area (Å²) in [5.41, 5.74) is 9.45. The zero-order valence-corrected chi connectivity index (χ0v) is 18.3. The fourth-order valence-corrected chi connectivity index (χ4v) is 4.02. The van der Waals surface area contributed by atoms with Crippen LogP contribution in [-0.4, -0.2) is 32.6 Å². The fraction of sp³-hybridized carbons (Fsp3) is 0.458. The second-order valence-corrected chi connectivity index (χ2v) is 8.95. The van der Waals surface area contributed by atoms with E-state index in [-0.39, 0.29) is 5.91 Å². The van der Waals surface area contributed by atoms with Crippen LogP contribution < -0.4 is 16.4 Å². The van der Waals surface area contributed by atoms with Crippen molar-refractivity contribution in [2.24, 2.45) is 11.7 Å². The van der Waals surface area contributed by atoms with E-state index in [4.69, 9.17) is 10.8 Å². The molecule has 0 atom stereocenters. The van der Waals surface area contributed by atoms with Crippen LogP contribution in [0.15, 0.2) is 42.6 Å². The van der Waals surface area contributed by atoms with Crippen LogP contribution >= 0.6 is 0 Å². The predicted molar refractivity (Wildman–Crippen MR) is 125 cm³/mol. The van der Waals surface area contributed by atoms with Gasteiger partial charge in [0.05, 0.1) is 11.9 Å².